The third-order valence-corrected chi connectivity index (χ3v) is 5.07. The summed E-state index contributed by atoms with van der Waals surface area (Å²) in [5.41, 5.74) is 2.33. The van der Waals surface area contributed by atoms with Crippen LogP contribution in [0.2, 0.25) is 0 Å². The van der Waals surface area contributed by atoms with E-state index >= 15 is 0 Å². The number of carbonyl (C=O) groups excluding carboxylic acids is 1. The lowest BCUT2D eigenvalue weighted by Gasteiger charge is -2.27. The molecule has 0 radical (unpaired) electrons. The van der Waals surface area contributed by atoms with E-state index < -0.39 is 0 Å². The minimum atomic E-state index is 0.893. The number of nitrogens with zero attached hydrogens (tertiary/aromatic N) is 2. The van der Waals surface area contributed by atoms with E-state index in [1.807, 2.05) is 0 Å². The zero-order chi connectivity index (χ0) is 13.2. The van der Waals surface area contributed by atoms with Crippen molar-refractivity contribution in [2.75, 3.05) is 18.0 Å². The molecule has 0 atom stereocenters. The van der Waals surface area contributed by atoms with Crippen molar-refractivity contribution in [2.45, 2.75) is 12.8 Å². The zero-order valence-electron chi connectivity index (χ0n) is 10.3. The Morgan fingerprint density at radius 3 is 2.84 bits per heavy atom. The molecule has 2 aromatic rings. The largest absolute Gasteiger partial charge is 0.347 e. The van der Waals surface area contributed by atoms with Gasteiger partial charge in [0.1, 0.15) is 6.29 Å². The molecule has 19 heavy (non-hydrogen) atoms. The van der Waals surface area contributed by atoms with Crippen molar-refractivity contribution in [1.29, 1.82) is 0 Å². The van der Waals surface area contributed by atoms with Gasteiger partial charge in [-0.25, -0.2) is 4.98 Å². The van der Waals surface area contributed by atoms with Gasteiger partial charge in [-0.05, 0) is 59.7 Å². The predicted octanol–water partition coefficient (Wildman–Crippen LogP) is 3.63. The van der Waals surface area contributed by atoms with E-state index in [1.165, 1.54) is 13.8 Å². The maximum atomic E-state index is 10.5. The fourth-order valence-electron chi connectivity index (χ4n) is 2.27. The second-order valence-corrected chi connectivity index (χ2v) is 6.81. The lowest BCUT2D eigenvalue weighted by atomic mass is 10.0. The van der Waals surface area contributed by atoms with E-state index in [9.17, 15) is 4.79 Å². The molecule has 1 saturated heterocycles. The van der Waals surface area contributed by atoms with Gasteiger partial charge < -0.3 is 4.90 Å². The quantitative estimate of drug-likeness (QED) is 0.451. The second-order valence-electron chi connectivity index (χ2n) is 4.56. The summed E-state index contributed by atoms with van der Waals surface area (Å²) in [5.74, 6) is 0. The van der Waals surface area contributed by atoms with Gasteiger partial charge in [0.2, 0.25) is 0 Å². The monoisotopic (exact) mass is 384 g/mol. The number of anilines is 1. The molecular formula is C14H13IN2OS. The van der Waals surface area contributed by atoms with E-state index in [4.69, 9.17) is 4.98 Å². The van der Waals surface area contributed by atoms with Crippen molar-refractivity contribution in [3.8, 4) is 0 Å². The van der Waals surface area contributed by atoms with Crippen LogP contribution >= 0.6 is 33.9 Å². The zero-order valence-corrected chi connectivity index (χ0v) is 13.3. The first-order valence-electron chi connectivity index (χ1n) is 6.20. The van der Waals surface area contributed by atoms with Gasteiger partial charge in [-0.15, -0.1) is 0 Å². The van der Waals surface area contributed by atoms with Crippen LogP contribution in [0.5, 0.6) is 0 Å². The van der Waals surface area contributed by atoms with Gasteiger partial charge >= 0.3 is 0 Å². The van der Waals surface area contributed by atoms with Gasteiger partial charge in [-0.2, -0.15) is 0 Å². The Labute approximate surface area is 129 Å². The molecule has 0 spiro atoms. The SMILES string of the molecule is O=CC=C1CCN(c2nc3ccc(I)cc3s2)CC1. The molecular weight excluding hydrogens is 371 g/mol. The Hall–Kier alpha value is -0.950. The lowest BCUT2D eigenvalue weighted by Crippen LogP contribution is -2.30. The third-order valence-electron chi connectivity index (χ3n) is 3.32. The minimum absolute atomic E-state index is 0.893. The number of rotatable bonds is 2. The van der Waals surface area contributed by atoms with Crippen LogP contribution in [0.15, 0.2) is 29.8 Å². The third kappa shape index (κ3) is 2.81. The first-order valence-corrected chi connectivity index (χ1v) is 8.10. The minimum Gasteiger partial charge on any atom is -0.347 e. The average Bonchev–Trinajstić information content (AvgIpc) is 2.83. The molecule has 1 aliphatic rings. The molecule has 0 amide bonds. The Kier molecular flexibility index (Phi) is 3.83. The molecule has 0 unspecified atom stereocenters. The highest BCUT2D eigenvalue weighted by atomic mass is 127. The van der Waals surface area contributed by atoms with Gasteiger partial charge in [0, 0.05) is 16.7 Å². The van der Waals surface area contributed by atoms with Crippen LogP contribution < -0.4 is 4.90 Å². The Balaban J connectivity index is 1.82. The molecule has 3 rings (SSSR count). The van der Waals surface area contributed by atoms with Crippen LogP contribution in [-0.2, 0) is 4.79 Å². The lowest BCUT2D eigenvalue weighted by molar-refractivity contribution is -0.104. The second kappa shape index (κ2) is 5.58. The van der Waals surface area contributed by atoms with E-state index in [-0.39, 0.29) is 0 Å². The van der Waals surface area contributed by atoms with Crippen LogP contribution in [0.1, 0.15) is 12.8 Å². The fourth-order valence-corrected chi connectivity index (χ4v) is 4.03. The maximum Gasteiger partial charge on any atom is 0.186 e. The van der Waals surface area contributed by atoms with Crippen molar-refractivity contribution in [3.63, 3.8) is 0 Å². The molecule has 2 heterocycles. The average molecular weight is 384 g/mol. The first-order chi connectivity index (χ1) is 9.26. The number of carbonyl (C=O) groups is 1. The van der Waals surface area contributed by atoms with Crippen LogP contribution in [0, 0.1) is 3.57 Å². The summed E-state index contributed by atoms with van der Waals surface area (Å²) >= 11 is 4.08. The summed E-state index contributed by atoms with van der Waals surface area (Å²) in [6.07, 6.45) is 4.53. The summed E-state index contributed by atoms with van der Waals surface area (Å²) in [6.45, 7) is 1.91. The van der Waals surface area contributed by atoms with Crippen LogP contribution in [0.4, 0.5) is 5.13 Å². The molecule has 1 aliphatic heterocycles. The molecule has 0 aliphatic carbocycles. The number of thiazole rings is 1. The van der Waals surface area contributed by atoms with E-state index in [0.29, 0.717) is 0 Å². The molecule has 0 N–H and O–H groups in total. The van der Waals surface area contributed by atoms with Crippen molar-refractivity contribution in [1.82, 2.24) is 4.98 Å². The topological polar surface area (TPSA) is 33.2 Å². The number of aromatic nitrogens is 1. The van der Waals surface area contributed by atoms with E-state index in [1.54, 1.807) is 17.4 Å². The van der Waals surface area contributed by atoms with E-state index in [0.717, 1.165) is 42.9 Å². The number of hydrogen-bond donors (Lipinski definition) is 0. The van der Waals surface area contributed by atoms with Gasteiger partial charge in [0.05, 0.1) is 10.2 Å². The van der Waals surface area contributed by atoms with Gasteiger partial charge in [-0.1, -0.05) is 16.9 Å². The standard InChI is InChI=1S/C14H13IN2OS/c15-11-1-2-12-13(9-11)19-14(16-12)17-6-3-10(4-7-17)5-8-18/h1-2,5,8-9H,3-4,6-7H2. The summed E-state index contributed by atoms with van der Waals surface area (Å²) in [4.78, 5) is 17.5. The highest BCUT2D eigenvalue weighted by molar-refractivity contribution is 14.1. The number of piperidine rings is 1. The smallest absolute Gasteiger partial charge is 0.186 e. The summed E-state index contributed by atoms with van der Waals surface area (Å²) in [6, 6.07) is 6.35. The molecule has 5 heteroatoms. The number of hydrogen-bond acceptors (Lipinski definition) is 4. The number of benzene rings is 1. The summed E-state index contributed by atoms with van der Waals surface area (Å²) < 4.78 is 2.49. The van der Waals surface area contributed by atoms with Crippen molar-refractivity contribution >= 4 is 55.6 Å². The van der Waals surface area contributed by atoms with Gasteiger partial charge in [0.25, 0.3) is 0 Å². The van der Waals surface area contributed by atoms with Gasteiger partial charge in [0.15, 0.2) is 5.13 Å². The Bertz CT molecular complexity index is 640. The molecule has 1 fully saturated rings. The molecule has 3 nitrogen and oxygen atoms in total. The Morgan fingerprint density at radius 1 is 1.32 bits per heavy atom. The van der Waals surface area contributed by atoms with Gasteiger partial charge in [-0.3, -0.25) is 4.79 Å². The highest BCUT2D eigenvalue weighted by Crippen LogP contribution is 2.32. The fraction of sp³-hybridized carbons (Fsp3) is 0.286. The molecule has 98 valence electrons. The van der Waals surface area contributed by atoms with Crippen LogP contribution in [0.3, 0.4) is 0 Å². The molecule has 0 saturated carbocycles. The first kappa shape index (κ1) is 13.1. The highest BCUT2D eigenvalue weighted by Gasteiger charge is 2.17. The number of allylic oxidation sites excluding steroid dienone is 1. The van der Waals surface area contributed by atoms with E-state index in [2.05, 4.69) is 45.7 Å². The number of halogens is 1. The molecule has 1 aromatic carbocycles. The summed E-state index contributed by atoms with van der Waals surface area (Å²) in [7, 11) is 0. The summed E-state index contributed by atoms with van der Waals surface area (Å²) in [5, 5.41) is 1.10. The maximum absolute atomic E-state index is 10.5. The normalized spacial score (nSPS) is 15.8. The number of aldehydes is 1. The van der Waals surface area contributed by atoms with Crippen molar-refractivity contribution < 1.29 is 4.79 Å². The van der Waals surface area contributed by atoms with Crippen LogP contribution in [0.25, 0.3) is 10.2 Å². The van der Waals surface area contributed by atoms with Crippen LogP contribution in [-0.4, -0.2) is 24.4 Å². The Morgan fingerprint density at radius 2 is 2.11 bits per heavy atom. The molecule has 0 bridgehead atoms. The molecule has 1 aromatic heterocycles. The predicted molar refractivity (Wildman–Crippen MR) is 87.9 cm³/mol. The van der Waals surface area contributed by atoms with Crippen molar-refractivity contribution in [3.05, 3.63) is 33.4 Å². The van der Waals surface area contributed by atoms with Crippen molar-refractivity contribution in [2.24, 2.45) is 0 Å². The number of fused-ring (bicyclic) bond motifs is 1.